The van der Waals surface area contributed by atoms with Crippen molar-refractivity contribution in [3.63, 3.8) is 0 Å². The zero-order chi connectivity index (χ0) is 22.4. The second-order valence-electron chi connectivity index (χ2n) is 7.32. The lowest BCUT2D eigenvalue weighted by Crippen LogP contribution is -2.19. The molecule has 3 N–H and O–H groups in total. The number of pyridine rings is 1. The number of rotatable bonds is 8. The Hall–Kier alpha value is -2.92. The predicted molar refractivity (Wildman–Crippen MR) is 133 cm³/mol. The van der Waals surface area contributed by atoms with Crippen LogP contribution in [0.2, 0.25) is 0 Å². The fraction of sp³-hybridized carbons (Fsp3) is 0.360. The van der Waals surface area contributed by atoms with Crippen molar-refractivity contribution in [2.45, 2.75) is 40.5 Å². The first kappa shape index (κ1) is 25.1. The average Bonchev–Trinajstić information content (AvgIpc) is 2.71. The van der Waals surface area contributed by atoms with Gasteiger partial charge in [0.25, 0.3) is 0 Å². The number of aliphatic imine (C=N–C) groups is 1. The van der Waals surface area contributed by atoms with Crippen molar-refractivity contribution >= 4 is 22.9 Å². The van der Waals surface area contributed by atoms with E-state index in [1.165, 1.54) is 31.5 Å². The lowest BCUT2D eigenvalue weighted by Gasteiger charge is -2.12. The van der Waals surface area contributed by atoms with E-state index in [1.807, 2.05) is 31.2 Å². The predicted octanol–water partition coefficient (Wildman–Crippen LogP) is 5.77. The number of nitrogens with zero attached hydrogens (tertiary/aromatic N) is 3. The Labute approximate surface area is 182 Å². The first-order valence-electron chi connectivity index (χ1n) is 10.5. The van der Waals surface area contributed by atoms with Crippen molar-refractivity contribution in [3.8, 4) is 0 Å². The van der Waals surface area contributed by atoms with Gasteiger partial charge in [0.2, 0.25) is 0 Å². The highest BCUT2D eigenvalue weighted by Crippen LogP contribution is 2.13. The second kappa shape index (κ2) is 14.1. The van der Waals surface area contributed by atoms with E-state index < -0.39 is 0 Å². The van der Waals surface area contributed by atoms with Gasteiger partial charge in [-0.15, -0.1) is 0 Å². The monoisotopic (exact) mass is 407 g/mol. The van der Waals surface area contributed by atoms with Crippen LogP contribution >= 0.6 is 0 Å². The van der Waals surface area contributed by atoms with E-state index in [4.69, 9.17) is 5.73 Å². The van der Waals surface area contributed by atoms with Crippen molar-refractivity contribution in [2.75, 3.05) is 31.2 Å². The van der Waals surface area contributed by atoms with Crippen molar-refractivity contribution in [3.05, 3.63) is 72.6 Å². The molecule has 0 aliphatic carbocycles. The Morgan fingerprint density at radius 3 is 2.30 bits per heavy atom. The Morgan fingerprint density at radius 1 is 1.13 bits per heavy atom. The molecule has 1 aromatic heterocycles. The molecule has 0 saturated heterocycles. The number of nitrogens with two attached hydrogens (primary N) is 1. The van der Waals surface area contributed by atoms with E-state index in [1.54, 1.807) is 18.5 Å². The molecule has 30 heavy (non-hydrogen) atoms. The summed E-state index contributed by atoms with van der Waals surface area (Å²) in [4.78, 5) is 10.7. The number of allylic oxidation sites excluding steroid dienone is 2. The van der Waals surface area contributed by atoms with Crippen LogP contribution in [0.3, 0.4) is 0 Å². The van der Waals surface area contributed by atoms with Crippen molar-refractivity contribution < 1.29 is 0 Å². The van der Waals surface area contributed by atoms with Crippen LogP contribution in [0, 0.1) is 6.92 Å². The number of aryl methyl sites for hydroxylation is 1. The van der Waals surface area contributed by atoms with Crippen LogP contribution in [0.25, 0.3) is 5.57 Å². The van der Waals surface area contributed by atoms with Gasteiger partial charge < -0.3 is 16.0 Å². The fourth-order valence-electron chi connectivity index (χ4n) is 2.68. The molecule has 0 bridgehead atoms. The number of amidine groups is 1. The lowest BCUT2D eigenvalue weighted by atomic mass is 10.1. The maximum absolute atomic E-state index is 5.56. The molecule has 2 aromatic rings. The molecular formula is C25H37N5. The van der Waals surface area contributed by atoms with Gasteiger partial charge in [-0.3, -0.25) is 0 Å². The molecule has 0 aliphatic rings. The second-order valence-corrected chi connectivity index (χ2v) is 7.32. The highest BCUT2D eigenvalue weighted by molar-refractivity contribution is 5.94. The fourth-order valence-corrected chi connectivity index (χ4v) is 2.68. The van der Waals surface area contributed by atoms with Gasteiger partial charge in [0, 0.05) is 18.1 Å². The van der Waals surface area contributed by atoms with Crippen LogP contribution in [0.15, 0.2) is 66.4 Å². The molecule has 2 rings (SSSR count). The molecule has 1 aromatic carbocycles. The summed E-state index contributed by atoms with van der Waals surface area (Å²) < 4.78 is 0. The Morgan fingerprint density at radius 2 is 1.77 bits per heavy atom. The third kappa shape index (κ3) is 10.6. The van der Waals surface area contributed by atoms with Gasteiger partial charge in [-0.25, -0.2) is 9.98 Å². The highest BCUT2D eigenvalue weighted by Gasteiger charge is 1.96. The van der Waals surface area contributed by atoms with E-state index in [9.17, 15) is 0 Å². The molecule has 5 heteroatoms. The maximum Gasteiger partial charge on any atom is 0.123 e. The highest BCUT2D eigenvalue weighted by atomic mass is 15.1. The molecule has 0 amide bonds. The average molecular weight is 408 g/mol. The number of hydrogen-bond acceptors (Lipinski definition) is 4. The molecule has 0 spiro atoms. The number of nitrogen functional groups attached to an aromatic ring is 1. The number of nitrogens with one attached hydrogen (secondary N) is 1. The first-order valence-corrected chi connectivity index (χ1v) is 10.5. The van der Waals surface area contributed by atoms with Gasteiger partial charge in [0.05, 0.1) is 0 Å². The molecule has 0 radical (unpaired) electrons. The number of anilines is 2. The minimum absolute atomic E-state index is 0.497. The van der Waals surface area contributed by atoms with Crippen molar-refractivity contribution in [1.82, 2.24) is 9.88 Å². The summed E-state index contributed by atoms with van der Waals surface area (Å²) in [5.41, 5.74) is 9.56. The quantitative estimate of drug-likeness (QED) is 0.331. The Kier molecular flexibility index (Phi) is 11.8. The third-order valence-corrected chi connectivity index (χ3v) is 4.29. The largest absolute Gasteiger partial charge is 0.384 e. The molecular weight excluding hydrogens is 370 g/mol. The summed E-state index contributed by atoms with van der Waals surface area (Å²) in [6, 6.07) is 11.8. The van der Waals surface area contributed by atoms with Crippen LogP contribution in [-0.2, 0) is 0 Å². The molecule has 0 saturated carbocycles. The Balaban J connectivity index is 0.000000479. The van der Waals surface area contributed by atoms with Gasteiger partial charge >= 0.3 is 0 Å². The van der Waals surface area contributed by atoms with Crippen LogP contribution in [0.4, 0.5) is 11.5 Å². The molecule has 0 unspecified atom stereocenters. The van der Waals surface area contributed by atoms with Gasteiger partial charge in [-0.2, -0.15) is 0 Å². The minimum atomic E-state index is 0.497. The van der Waals surface area contributed by atoms with Crippen LogP contribution < -0.4 is 11.1 Å². The minimum Gasteiger partial charge on any atom is -0.384 e. The van der Waals surface area contributed by atoms with Crippen LogP contribution in [-0.4, -0.2) is 35.9 Å². The van der Waals surface area contributed by atoms with E-state index in [-0.39, 0.29) is 0 Å². The maximum atomic E-state index is 5.56. The molecule has 1 heterocycles. The van der Waals surface area contributed by atoms with Crippen LogP contribution in [0.5, 0.6) is 0 Å². The number of hydrogen-bond donors (Lipinski definition) is 2. The number of aromatic nitrogens is 1. The number of benzene rings is 1. The van der Waals surface area contributed by atoms with E-state index >= 15 is 0 Å². The van der Waals surface area contributed by atoms with Gasteiger partial charge in [0.1, 0.15) is 11.7 Å². The van der Waals surface area contributed by atoms with Gasteiger partial charge in [-0.05, 0) is 88.3 Å². The lowest BCUT2D eigenvalue weighted by molar-refractivity contribution is 0.335. The first-order chi connectivity index (χ1) is 14.3. The SMILES string of the molecule is C=C(/C=C\N=C(C)Nc1ccc(C)cc1)c1ccc(N)nc1.CCCN(C)CCC. The van der Waals surface area contributed by atoms with Crippen LogP contribution in [0.1, 0.15) is 44.7 Å². The molecule has 0 atom stereocenters. The van der Waals surface area contributed by atoms with Crippen molar-refractivity contribution in [2.24, 2.45) is 4.99 Å². The molecule has 0 aliphatic heterocycles. The summed E-state index contributed by atoms with van der Waals surface area (Å²) in [5.74, 6) is 1.31. The molecule has 5 nitrogen and oxygen atoms in total. The normalized spacial score (nSPS) is 11.3. The van der Waals surface area contributed by atoms with E-state index in [2.05, 4.69) is 66.7 Å². The summed E-state index contributed by atoms with van der Waals surface area (Å²) in [6.45, 7) is 14.9. The zero-order valence-electron chi connectivity index (χ0n) is 19.2. The third-order valence-electron chi connectivity index (χ3n) is 4.29. The van der Waals surface area contributed by atoms with E-state index in [0.717, 1.165) is 22.7 Å². The zero-order valence-corrected chi connectivity index (χ0v) is 19.2. The smallest absolute Gasteiger partial charge is 0.123 e. The van der Waals surface area contributed by atoms with Gasteiger partial charge in [0.15, 0.2) is 0 Å². The topological polar surface area (TPSA) is 66.5 Å². The summed E-state index contributed by atoms with van der Waals surface area (Å²) in [7, 11) is 2.17. The standard InChI is InChI=1S/C18H20N4.C7H17N/c1-13-4-7-17(8-5-13)22-15(3)20-11-10-14(2)16-6-9-18(19)21-12-16;1-4-6-8(3)7-5-2/h4-12H,2H2,1,3H3,(H2,19,21)(H,20,22);4-7H2,1-3H3/b11-10-;. The summed E-state index contributed by atoms with van der Waals surface area (Å²) >= 11 is 0. The molecule has 162 valence electrons. The summed E-state index contributed by atoms with van der Waals surface area (Å²) in [6.07, 6.45) is 7.80. The molecule has 0 fully saturated rings. The van der Waals surface area contributed by atoms with Crippen molar-refractivity contribution in [1.29, 1.82) is 0 Å². The Bertz CT molecular complexity index is 798. The van der Waals surface area contributed by atoms with E-state index in [0.29, 0.717) is 5.82 Å². The van der Waals surface area contributed by atoms with Gasteiger partial charge in [-0.1, -0.05) is 38.1 Å². The summed E-state index contributed by atoms with van der Waals surface area (Å²) in [5, 5.41) is 3.23.